The molecule has 0 bridgehead atoms. The number of carbonyl (C=O) groups excluding carboxylic acids is 2. The summed E-state index contributed by atoms with van der Waals surface area (Å²) in [5.41, 5.74) is 2.31. The van der Waals surface area contributed by atoms with E-state index in [0.29, 0.717) is 24.6 Å². The van der Waals surface area contributed by atoms with Crippen molar-refractivity contribution in [3.63, 3.8) is 0 Å². The van der Waals surface area contributed by atoms with Crippen molar-refractivity contribution >= 4 is 11.8 Å². The fourth-order valence-electron chi connectivity index (χ4n) is 3.06. The summed E-state index contributed by atoms with van der Waals surface area (Å²) in [6, 6.07) is 9.04. The van der Waals surface area contributed by atoms with E-state index >= 15 is 0 Å². The van der Waals surface area contributed by atoms with E-state index in [4.69, 9.17) is 9.15 Å². The lowest BCUT2D eigenvalue weighted by molar-refractivity contribution is -0.124. The molecule has 1 aliphatic heterocycles. The van der Waals surface area contributed by atoms with Crippen molar-refractivity contribution in [3.05, 3.63) is 53.5 Å². The van der Waals surface area contributed by atoms with Crippen LogP contribution in [0.3, 0.4) is 0 Å². The van der Waals surface area contributed by atoms with Gasteiger partial charge in [0.25, 0.3) is 11.8 Å². The number of nitrogens with one attached hydrogen (secondary N) is 1. The maximum atomic E-state index is 12.4. The average molecular weight is 356 g/mol. The standard InChI is InChI=1S/C20H24N2O4/c1-14-7-8-17(11-15(14)2)26-13-19(23)21-16-5-3-9-22(12-16)20(24)18-6-4-10-25-18/h4,6-8,10-11,16H,3,5,9,12-13H2,1-2H3,(H,21,23). The normalized spacial score (nSPS) is 17.0. The zero-order valence-electron chi connectivity index (χ0n) is 15.2. The Morgan fingerprint density at radius 3 is 2.85 bits per heavy atom. The van der Waals surface area contributed by atoms with Crippen LogP contribution >= 0.6 is 0 Å². The van der Waals surface area contributed by atoms with Gasteiger partial charge >= 0.3 is 0 Å². The molecule has 1 fully saturated rings. The molecule has 0 saturated carbocycles. The van der Waals surface area contributed by atoms with Crippen molar-refractivity contribution in [3.8, 4) is 5.75 Å². The highest BCUT2D eigenvalue weighted by Gasteiger charge is 2.26. The number of amides is 2. The molecule has 2 amide bonds. The number of carbonyl (C=O) groups is 2. The summed E-state index contributed by atoms with van der Waals surface area (Å²) in [7, 11) is 0. The molecule has 2 heterocycles. The smallest absolute Gasteiger partial charge is 0.289 e. The Morgan fingerprint density at radius 2 is 2.12 bits per heavy atom. The Hall–Kier alpha value is -2.76. The second kappa shape index (κ2) is 8.08. The lowest BCUT2D eigenvalue weighted by atomic mass is 10.1. The van der Waals surface area contributed by atoms with Crippen molar-refractivity contribution in [1.82, 2.24) is 10.2 Å². The molecule has 1 atom stereocenters. The molecule has 1 aromatic heterocycles. The van der Waals surface area contributed by atoms with Gasteiger partial charge in [-0.2, -0.15) is 0 Å². The van der Waals surface area contributed by atoms with Crippen molar-refractivity contribution in [1.29, 1.82) is 0 Å². The molecule has 1 aromatic carbocycles. The minimum Gasteiger partial charge on any atom is -0.484 e. The molecule has 26 heavy (non-hydrogen) atoms. The largest absolute Gasteiger partial charge is 0.484 e. The van der Waals surface area contributed by atoms with E-state index in [9.17, 15) is 9.59 Å². The van der Waals surface area contributed by atoms with Crippen LogP contribution in [0.5, 0.6) is 5.75 Å². The third kappa shape index (κ3) is 4.45. The van der Waals surface area contributed by atoms with Gasteiger partial charge in [-0.15, -0.1) is 0 Å². The van der Waals surface area contributed by atoms with Crippen LogP contribution in [0.4, 0.5) is 0 Å². The van der Waals surface area contributed by atoms with E-state index in [1.165, 1.54) is 11.8 Å². The number of furan rings is 1. The lowest BCUT2D eigenvalue weighted by Crippen LogP contribution is -2.50. The number of nitrogens with zero attached hydrogens (tertiary/aromatic N) is 1. The van der Waals surface area contributed by atoms with Gasteiger partial charge in [-0.1, -0.05) is 6.07 Å². The molecular weight excluding hydrogens is 332 g/mol. The number of piperidine rings is 1. The Labute approximate surface area is 153 Å². The summed E-state index contributed by atoms with van der Waals surface area (Å²) >= 11 is 0. The zero-order valence-corrected chi connectivity index (χ0v) is 15.2. The molecule has 1 N–H and O–H groups in total. The zero-order chi connectivity index (χ0) is 18.5. The minimum atomic E-state index is -0.180. The van der Waals surface area contributed by atoms with Gasteiger partial charge < -0.3 is 19.4 Å². The predicted octanol–water partition coefficient (Wildman–Crippen LogP) is 2.70. The molecule has 6 heteroatoms. The number of hydrogen-bond acceptors (Lipinski definition) is 4. The van der Waals surface area contributed by atoms with Gasteiger partial charge in [-0.05, 0) is 62.1 Å². The summed E-state index contributed by atoms with van der Waals surface area (Å²) in [4.78, 5) is 26.3. The molecule has 0 spiro atoms. The van der Waals surface area contributed by atoms with Crippen LogP contribution in [-0.2, 0) is 4.79 Å². The Kier molecular flexibility index (Phi) is 5.61. The summed E-state index contributed by atoms with van der Waals surface area (Å²) in [6.45, 7) is 5.16. The number of ether oxygens (including phenoxy) is 1. The third-order valence-electron chi connectivity index (χ3n) is 4.65. The predicted molar refractivity (Wildman–Crippen MR) is 97.2 cm³/mol. The summed E-state index contributed by atoms with van der Waals surface area (Å²) in [5, 5.41) is 2.96. The van der Waals surface area contributed by atoms with Crippen LogP contribution in [0.25, 0.3) is 0 Å². The first-order chi connectivity index (χ1) is 12.5. The first kappa shape index (κ1) is 18.0. The van der Waals surface area contributed by atoms with Gasteiger partial charge in [0, 0.05) is 19.1 Å². The molecule has 1 saturated heterocycles. The Balaban J connectivity index is 1.49. The number of likely N-dealkylation sites (tertiary alicyclic amines) is 1. The van der Waals surface area contributed by atoms with Crippen molar-refractivity contribution in [2.24, 2.45) is 0 Å². The summed E-state index contributed by atoms with van der Waals surface area (Å²) in [6.07, 6.45) is 3.17. The highest BCUT2D eigenvalue weighted by Crippen LogP contribution is 2.17. The number of aryl methyl sites for hydroxylation is 2. The number of benzene rings is 1. The molecule has 1 aliphatic rings. The summed E-state index contributed by atoms with van der Waals surface area (Å²) < 4.78 is 10.7. The highest BCUT2D eigenvalue weighted by molar-refractivity contribution is 5.91. The van der Waals surface area contributed by atoms with Crippen LogP contribution in [-0.4, -0.2) is 42.5 Å². The van der Waals surface area contributed by atoms with Gasteiger partial charge in [0.15, 0.2) is 12.4 Å². The fraction of sp³-hybridized carbons (Fsp3) is 0.400. The highest BCUT2D eigenvalue weighted by atomic mass is 16.5. The SMILES string of the molecule is Cc1ccc(OCC(=O)NC2CCCN(C(=O)c3ccco3)C2)cc1C. The van der Waals surface area contributed by atoms with Gasteiger partial charge in [0.2, 0.25) is 0 Å². The van der Waals surface area contributed by atoms with Crippen LogP contribution in [0, 0.1) is 13.8 Å². The second-order valence-corrected chi connectivity index (χ2v) is 6.67. The van der Waals surface area contributed by atoms with Gasteiger partial charge in [-0.3, -0.25) is 9.59 Å². The van der Waals surface area contributed by atoms with Crippen molar-refractivity contribution < 1.29 is 18.7 Å². The van der Waals surface area contributed by atoms with Crippen molar-refractivity contribution in [2.75, 3.05) is 19.7 Å². The number of hydrogen-bond donors (Lipinski definition) is 1. The molecule has 138 valence electrons. The number of rotatable bonds is 5. The quantitative estimate of drug-likeness (QED) is 0.894. The maximum absolute atomic E-state index is 12.4. The average Bonchev–Trinajstić information content (AvgIpc) is 3.17. The molecule has 1 unspecified atom stereocenters. The Bertz CT molecular complexity index is 770. The molecule has 2 aromatic rings. The van der Waals surface area contributed by atoms with Gasteiger partial charge in [-0.25, -0.2) is 0 Å². The minimum absolute atomic E-state index is 0.0366. The van der Waals surface area contributed by atoms with E-state index in [1.807, 2.05) is 32.0 Å². The fourth-order valence-corrected chi connectivity index (χ4v) is 3.06. The molecule has 6 nitrogen and oxygen atoms in total. The van der Waals surface area contributed by atoms with Gasteiger partial charge in [0.05, 0.1) is 6.26 Å². The van der Waals surface area contributed by atoms with E-state index in [1.54, 1.807) is 17.0 Å². The third-order valence-corrected chi connectivity index (χ3v) is 4.65. The maximum Gasteiger partial charge on any atom is 0.289 e. The molecule has 0 aliphatic carbocycles. The van der Waals surface area contributed by atoms with Crippen LogP contribution in [0.15, 0.2) is 41.0 Å². The van der Waals surface area contributed by atoms with E-state index in [2.05, 4.69) is 5.32 Å². The first-order valence-corrected chi connectivity index (χ1v) is 8.85. The molecule has 0 radical (unpaired) electrons. The second-order valence-electron chi connectivity index (χ2n) is 6.67. The van der Waals surface area contributed by atoms with Crippen molar-refractivity contribution in [2.45, 2.75) is 32.7 Å². The monoisotopic (exact) mass is 356 g/mol. The van der Waals surface area contributed by atoms with E-state index in [-0.39, 0.29) is 24.5 Å². The van der Waals surface area contributed by atoms with E-state index in [0.717, 1.165) is 18.4 Å². The van der Waals surface area contributed by atoms with Crippen LogP contribution in [0.1, 0.15) is 34.5 Å². The lowest BCUT2D eigenvalue weighted by Gasteiger charge is -2.32. The van der Waals surface area contributed by atoms with Crippen LogP contribution in [0.2, 0.25) is 0 Å². The Morgan fingerprint density at radius 1 is 1.27 bits per heavy atom. The molecule has 3 rings (SSSR count). The molecular formula is C20H24N2O4. The summed E-state index contributed by atoms with van der Waals surface area (Å²) in [5.74, 6) is 0.692. The topological polar surface area (TPSA) is 71.8 Å². The van der Waals surface area contributed by atoms with Crippen LogP contribution < -0.4 is 10.1 Å². The van der Waals surface area contributed by atoms with E-state index < -0.39 is 0 Å². The first-order valence-electron chi connectivity index (χ1n) is 8.85. The van der Waals surface area contributed by atoms with Gasteiger partial charge in [0.1, 0.15) is 5.75 Å².